The van der Waals surface area contributed by atoms with Gasteiger partial charge in [-0.25, -0.2) is 0 Å². The van der Waals surface area contributed by atoms with E-state index >= 15 is 0 Å². The summed E-state index contributed by atoms with van der Waals surface area (Å²) in [7, 11) is 0. The first-order chi connectivity index (χ1) is 9.93. The second kappa shape index (κ2) is 8.21. The van der Waals surface area contributed by atoms with Gasteiger partial charge in [-0.15, -0.1) is 12.4 Å². The highest BCUT2D eigenvalue weighted by Crippen LogP contribution is 2.24. The molecule has 2 aromatic rings. The lowest BCUT2D eigenvalue weighted by Gasteiger charge is -2.19. The van der Waals surface area contributed by atoms with Crippen LogP contribution in [-0.4, -0.2) is 6.54 Å². The fraction of sp³-hybridized carbons (Fsp3) is 0.368. The van der Waals surface area contributed by atoms with Crippen molar-refractivity contribution in [2.24, 2.45) is 0 Å². The smallest absolute Gasteiger partial charge is 0.0205 e. The molecule has 0 saturated heterocycles. The Morgan fingerprint density at radius 1 is 0.857 bits per heavy atom. The van der Waals surface area contributed by atoms with E-state index in [9.17, 15) is 0 Å². The molecule has 21 heavy (non-hydrogen) atoms. The van der Waals surface area contributed by atoms with Crippen LogP contribution in [0.5, 0.6) is 0 Å². The zero-order valence-corrected chi connectivity index (χ0v) is 13.3. The van der Waals surface area contributed by atoms with Crippen molar-refractivity contribution in [3.05, 3.63) is 70.8 Å². The third kappa shape index (κ3) is 4.33. The zero-order valence-electron chi connectivity index (χ0n) is 12.5. The Labute approximate surface area is 134 Å². The monoisotopic (exact) mass is 301 g/mol. The van der Waals surface area contributed by atoms with Crippen molar-refractivity contribution in [1.29, 1.82) is 0 Å². The van der Waals surface area contributed by atoms with Crippen LogP contribution >= 0.6 is 12.4 Å². The number of halogens is 1. The summed E-state index contributed by atoms with van der Waals surface area (Å²) in [6, 6.07) is 17.5. The van der Waals surface area contributed by atoms with E-state index in [-0.39, 0.29) is 12.4 Å². The third-order valence-electron chi connectivity index (χ3n) is 4.24. The number of rotatable bonds is 5. The highest BCUT2D eigenvalue weighted by Gasteiger charge is 2.12. The fourth-order valence-electron chi connectivity index (χ4n) is 3.15. The van der Waals surface area contributed by atoms with Crippen molar-refractivity contribution in [2.75, 3.05) is 6.54 Å². The summed E-state index contributed by atoms with van der Waals surface area (Å²) >= 11 is 0. The van der Waals surface area contributed by atoms with Gasteiger partial charge in [0.15, 0.2) is 0 Å². The minimum atomic E-state index is 0. The van der Waals surface area contributed by atoms with Crippen molar-refractivity contribution in [2.45, 2.75) is 38.6 Å². The van der Waals surface area contributed by atoms with Crippen molar-refractivity contribution in [3.8, 4) is 0 Å². The number of hydrogen-bond donors (Lipinski definition) is 1. The van der Waals surface area contributed by atoms with Gasteiger partial charge in [-0.3, -0.25) is 0 Å². The van der Waals surface area contributed by atoms with Gasteiger partial charge in [-0.1, -0.05) is 48.5 Å². The molecule has 1 nitrogen and oxygen atoms in total. The van der Waals surface area contributed by atoms with Gasteiger partial charge in [0, 0.05) is 6.54 Å². The molecule has 0 heterocycles. The highest BCUT2D eigenvalue weighted by molar-refractivity contribution is 5.85. The molecule has 0 spiro atoms. The zero-order chi connectivity index (χ0) is 13.6. The Morgan fingerprint density at radius 3 is 2.52 bits per heavy atom. The molecule has 0 aromatic heterocycles. The van der Waals surface area contributed by atoms with Crippen molar-refractivity contribution in [3.63, 3.8) is 0 Å². The molecule has 3 rings (SSSR count). The maximum atomic E-state index is 3.56. The van der Waals surface area contributed by atoms with E-state index in [4.69, 9.17) is 0 Å². The molecule has 0 bridgehead atoms. The molecule has 0 radical (unpaired) electrons. The summed E-state index contributed by atoms with van der Waals surface area (Å²) < 4.78 is 0. The van der Waals surface area contributed by atoms with Gasteiger partial charge in [-0.05, 0) is 60.9 Å². The number of benzene rings is 2. The van der Waals surface area contributed by atoms with E-state index in [1.165, 1.54) is 31.2 Å². The van der Waals surface area contributed by atoms with Crippen LogP contribution in [0.3, 0.4) is 0 Å². The quantitative estimate of drug-likeness (QED) is 0.811. The lowest BCUT2D eigenvalue weighted by molar-refractivity contribution is 0.658. The molecule has 0 unspecified atom stereocenters. The molecule has 1 N–H and O–H groups in total. The molecular formula is C19H24ClN. The second-order valence-corrected chi connectivity index (χ2v) is 5.67. The van der Waals surface area contributed by atoms with Crippen LogP contribution in [0, 0.1) is 0 Å². The maximum absolute atomic E-state index is 3.56. The number of aryl methyl sites for hydroxylation is 1. The molecule has 112 valence electrons. The average Bonchev–Trinajstić information content (AvgIpc) is 2.53. The lowest BCUT2D eigenvalue weighted by Crippen LogP contribution is -2.18. The summed E-state index contributed by atoms with van der Waals surface area (Å²) in [6.07, 6.45) is 6.44. The Kier molecular flexibility index (Phi) is 6.28. The van der Waals surface area contributed by atoms with E-state index < -0.39 is 0 Å². The molecule has 0 aliphatic heterocycles. The number of fused-ring (bicyclic) bond motifs is 1. The van der Waals surface area contributed by atoms with E-state index in [0.29, 0.717) is 0 Å². The molecule has 0 fully saturated rings. The van der Waals surface area contributed by atoms with Crippen molar-refractivity contribution >= 4 is 12.4 Å². The number of hydrogen-bond acceptors (Lipinski definition) is 1. The Hall–Kier alpha value is -1.31. The molecule has 2 aromatic carbocycles. The minimum absolute atomic E-state index is 0. The van der Waals surface area contributed by atoms with Crippen LogP contribution in [0.1, 0.15) is 35.1 Å². The van der Waals surface area contributed by atoms with Gasteiger partial charge < -0.3 is 5.32 Å². The Morgan fingerprint density at radius 2 is 1.67 bits per heavy atom. The minimum Gasteiger partial charge on any atom is -0.312 e. The summed E-state index contributed by atoms with van der Waals surface area (Å²) in [5.41, 5.74) is 6.16. The second-order valence-electron chi connectivity index (χ2n) is 5.67. The van der Waals surface area contributed by atoms with Crippen molar-refractivity contribution < 1.29 is 0 Å². The molecular weight excluding hydrogens is 278 g/mol. The van der Waals surface area contributed by atoms with Crippen LogP contribution in [0.25, 0.3) is 0 Å². The first-order valence-corrected chi connectivity index (χ1v) is 7.78. The summed E-state index contributed by atoms with van der Waals surface area (Å²) in [5, 5.41) is 3.56. The van der Waals surface area contributed by atoms with Gasteiger partial charge in [0.2, 0.25) is 0 Å². The topological polar surface area (TPSA) is 12.0 Å². The van der Waals surface area contributed by atoms with Crippen LogP contribution in [0.2, 0.25) is 0 Å². The average molecular weight is 302 g/mol. The summed E-state index contributed by atoms with van der Waals surface area (Å²) in [4.78, 5) is 0. The van der Waals surface area contributed by atoms with Crippen LogP contribution in [-0.2, 0) is 25.8 Å². The van der Waals surface area contributed by atoms with Crippen LogP contribution < -0.4 is 5.32 Å². The Bertz CT molecular complexity index is 551. The largest absolute Gasteiger partial charge is 0.312 e. The number of nitrogens with one attached hydrogen (secondary N) is 1. The van der Waals surface area contributed by atoms with Gasteiger partial charge in [0.05, 0.1) is 0 Å². The molecule has 0 atom stereocenters. The van der Waals surface area contributed by atoms with Gasteiger partial charge in [0.25, 0.3) is 0 Å². The van der Waals surface area contributed by atoms with E-state index in [1.54, 1.807) is 16.7 Å². The van der Waals surface area contributed by atoms with E-state index in [2.05, 4.69) is 53.8 Å². The van der Waals surface area contributed by atoms with Gasteiger partial charge in [-0.2, -0.15) is 0 Å². The SMILES string of the molecule is Cl.c1ccc(CNCCc2cccc3c2CCCC3)cc1. The first kappa shape index (κ1) is 16.1. The van der Waals surface area contributed by atoms with Crippen LogP contribution in [0.15, 0.2) is 48.5 Å². The van der Waals surface area contributed by atoms with E-state index in [1.807, 2.05) is 0 Å². The summed E-state index contributed by atoms with van der Waals surface area (Å²) in [6.45, 7) is 2.03. The molecule has 0 saturated carbocycles. The third-order valence-corrected chi connectivity index (χ3v) is 4.24. The standard InChI is InChI=1S/C19H23N.ClH/c1-2-7-16(8-3-1)15-20-14-13-18-11-6-10-17-9-4-5-12-19(17)18;/h1-3,6-8,10-11,20H,4-5,9,12-15H2;1H. The van der Waals surface area contributed by atoms with Crippen molar-refractivity contribution in [1.82, 2.24) is 5.32 Å². The first-order valence-electron chi connectivity index (χ1n) is 7.78. The van der Waals surface area contributed by atoms with Crippen LogP contribution in [0.4, 0.5) is 0 Å². The summed E-state index contributed by atoms with van der Waals surface area (Å²) in [5.74, 6) is 0. The highest BCUT2D eigenvalue weighted by atomic mass is 35.5. The molecule has 0 amide bonds. The molecule has 1 aliphatic rings. The van der Waals surface area contributed by atoms with E-state index in [0.717, 1.165) is 19.5 Å². The normalized spacial score (nSPS) is 13.3. The molecule has 2 heteroatoms. The Balaban J connectivity index is 0.00000161. The lowest BCUT2D eigenvalue weighted by atomic mass is 9.87. The molecule has 1 aliphatic carbocycles. The fourth-order valence-corrected chi connectivity index (χ4v) is 3.15. The van der Waals surface area contributed by atoms with Gasteiger partial charge in [0.1, 0.15) is 0 Å². The maximum Gasteiger partial charge on any atom is 0.0205 e. The van der Waals surface area contributed by atoms with Gasteiger partial charge >= 0.3 is 0 Å². The predicted octanol–water partition coefficient (Wildman–Crippen LogP) is 4.32. The predicted molar refractivity (Wildman–Crippen MR) is 92.2 cm³/mol.